The van der Waals surface area contributed by atoms with Crippen molar-refractivity contribution in [1.29, 1.82) is 0 Å². The van der Waals surface area contributed by atoms with Crippen LogP contribution in [0.4, 0.5) is 0 Å². The minimum atomic E-state index is 1.22. The van der Waals surface area contributed by atoms with Gasteiger partial charge < -0.3 is 0 Å². The molecule has 0 unspecified atom stereocenters. The molecule has 0 fully saturated rings. The minimum Gasteiger partial charge on any atom is -0.0952 e. The summed E-state index contributed by atoms with van der Waals surface area (Å²) in [6.07, 6.45) is 5.10. The molecule has 58 valence electrons. The number of hydrogen-bond donors (Lipinski definition) is 0. The summed E-state index contributed by atoms with van der Waals surface area (Å²) in [5, 5.41) is 0. The summed E-state index contributed by atoms with van der Waals surface area (Å²) in [5.41, 5.74) is 11.4. The molecule has 0 heteroatoms. The molecule has 3 aliphatic carbocycles. The largest absolute Gasteiger partial charge is 0.0952 e. The highest BCUT2D eigenvalue weighted by Gasteiger charge is 2.40. The maximum absolute atomic E-state index is 4.15. The molecule has 0 nitrogen and oxygen atoms in total. The first-order valence-corrected chi connectivity index (χ1v) is 4.72. The van der Waals surface area contributed by atoms with Crippen molar-refractivity contribution in [1.82, 2.24) is 0 Å². The van der Waals surface area contributed by atoms with Crippen LogP contribution >= 0.6 is 0 Å². The quantitative estimate of drug-likeness (QED) is 0.466. The van der Waals surface area contributed by atoms with Gasteiger partial charge in [-0.1, -0.05) is 6.58 Å². The highest BCUT2D eigenvalue weighted by Crippen LogP contribution is 2.53. The molecule has 1 aromatic carbocycles. The van der Waals surface area contributed by atoms with Gasteiger partial charge >= 0.3 is 0 Å². The van der Waals surface area contributed by atoms with Crippen LogP contribution in [0.2, 0.25) is 0 Å². The van der Waals surface area contributed by atoms with Crippen LogP contribution in [0.5, 0.6) is 0 Å². The fraction of sp³-hybridized carbons (Fsp3) is 0.333. The Morgan fingerprint density at radius 3 is 2.33 bits per heavy atom. The Balaban J connectivity index is 2.20. The van der Waals surface area contributed by atoms with Crippen LogP contribution < -0.4 is 0 Å². The Kier molecular flexibility index (Phi) is 0.648. The van der Waals surface area contributed by atoms with Crippen molar-refractivity contribution in [2.45, 2.75) is 25.7 Å². The summed E-state index contributed by atoms with van der Waals surface area (Å²) < 4.78 is 0. The SMILES string of the molecule is C=C1CCc2c3c(c4c(c21)C4)C3. The first-order valence-electron chi connectivity index (χ1n) is 4.72. The highest BCUT2D eigenvalue weighted by atomic mass is 14.4. The number of rotatable bonds is 0. The van der Waals surface area contributed by atoms with E-state index in [1.807, 2.05) is 0 Å². The van der Waals surface area contributed by atoms with Gasteiger partial charge in [-0.05, 0) is 64.6 Å². The minimum absolute atomic E-state index is 1.22. The maximum Gasteiger partial charge on any atom is -0.00106 e. The molecule has 0 N–H and O–H groups in total. The van der Waals surface area contributed by atoms with Crippen molar-refractivity contribution in [3.05, 3.63) is 40.0 Å². The molecule has 0 saturated carbocycles. The third-order valence-electron chi connectivity index (χ3n) is 3.55. The molecule has 0 atom stereocenters. The first kappa shape index (κ1) is 5.58. The fourth-order valence-electron chi connectivity index (χ4n) is 2.81. The number of fused-ring (bicyclic) bond motifs is 6. The van der Waals surface area contributed by atoms with Gasteiger partial charge in [-0.25, -0.2) is 0 Å². The Hall–Kier alpha value is -1.04. The zero-order valence-corrected chi connectivity index (χ0v) is 7.04. The van der Waals surface area contributed by atoms with E-state index in [0.717, 1.165) is 0 Å². The summed E-state index contributed by atoms with van der Waals surface area (Å²) in [5.74, 6) is 0. The fourth-order valence-corrected chi connectivity index (χ4v) is 2.81. The van der Waals surface area contributed by atoms with Crippen molar-refractivity contribution < 1.29 is 0 Å². The number of allylic oxidation sites excluding steroid dienone is 1. The second-order valence-corrected chi connectivity index (χ2v) is 4.22. The number of benzene rings is 1. The van der Waals surface area contributed by atoms with Crippen LogP contribution in [0.1, 0.15) is 39.8 Å². The van der Waals surface area contributed by atoms with Gasteiger partial charge in [0, 0.05) is 0 Å². The van der Waals surface area contributed by atoms with E-state index in [2.05, 4.69) is 6.58 Å². The first-order chi connectivity index (χ1) is 5.86. The van der Waals surface area contributed by atoms with Crippen LogP contribution in [-0.2, 0) is 19.3 Å². The molecule has 0 bridgehead atoms. The van der Waals surface area contributed by atoms with Crippen LogP contribution in [-0.4, -0.2) is 0 Å². The van der Waals surface area contributed by atoms with Crippen LogP contribution in [0.25, 0.3) is 5.57 Å². The molecule has 0 spiro atoms. The Morgan fingerprint density at radius 1 is 0.750 bits per heavy atom. The summed E-state index contributed by atoms with van der Waals surface area (Å²) in [4.78, 5) is 0. The zero-order chi connectivity index (χ0) is 7.87. The van der Waals surface area contributed by atoms with Crippen molar-refractivity contribution >= 4 is 5.57 Å². The predicted molar refractivity (Wildman–Crippen MR) is 49.4 cm³/mol. The monoisotopic (exact) mass is 154 g/mol. The van der Waals surface area contributed by atoms with Crippen LogP contribution in [0.15, 0.2) is 6.58 Å². The van der Waals surface area contributed by atoms with Crippen molar-refractivity contribution in [2.75, 3.05) is 0 Å². The molecule has 0 radical (unpaired) electrons. The second-order valence-electron chi connectivity index (χ2n) is 4.22. The third kappa shape index (κ3) is 0.439. The summed E-state index contributed by atoms with van der Waals surface area (Å²) in [6.45, 7) is 4.15. The highest BCUT2D eigenvalue weighted by molar-refractivity contribution is 5.84. The normalized spacial score (nSPS) is 20.2. The Labute approximate surface area is 71.9 Å². The molecule has 0 heterocycles. The molecular weight excluding hydrogens is 144 g/mol. The molecule has 0 aromatic heterocycles. The van der Waals surface area contributed by atoms with E-state index >= 15 is 0 Å². The molecule has 3 aliphatic rings. The van der Waals surface area contributed by atoms with Gasteiger partial charge in [0.15, 0.2) is 0 Å². The lowest BCUT2D eigenvalue weighted by Gasteiger charge is -1.95. The topological polar surface area (TPSA) is 0 Å². The third-order valence-corrected chi connectivity index (χ3v) is 3.55. The van der Waals surface area contributed by atoms with Gasteiger partial charge in [-0.15, -0.1) is 0 Å². The molecule has 0 amide bonds. The second kappa shape index (κ2) is 1.39. The molecule has 1 aromatic rings. The van der Waals surface area contributed by atoms with Gasteiger partial charge in [0.2, 0.25) is 0 Å². The van der Waals surface area contributed by atoms with Crippen molar-refractivity contribution in [2.24, 2.45) is 0 Å². The van der Waals surface area contributed by atoms with Gasteiger partial charge in [0.25, 0.3) is 0 Å². The van der Waals surface area contributed by atoms with E-state index in [1.54, 1.807) is 33.4 Å². The van der Waals surface area contributed by atoms with Crippen molar-refractivity contribution in [3.63, 3.8) is 0 Å². The molecule has 12 heavy (non-hydrogen) atoms. The van der Waals surface area contributed by atoms with E-state index in [9.17, 15) is 0 Å². The van der Waals surface area contributed by atoms with Crippen LogP contribution in [0, 0.1) is 0 Å². The zero-order valence-electron chi connectivity index (χ0n) is 7.04. The summed E-state index contributed by atoms with van der Waals surface area (Å²) >= 11 is 0. The van der Waals surface area contributed by atoms with Gasteiger partial charge in [-0.3, -0.25) is 0 Å². The van der Waals surface area contributed by atoms with E-state index in [1.165, 1.54) is 31.3 Å². The van der Waals surface area contributed by atoms with E-state index in [0.29, 0.717) is 0 Å². The number of hydrogen-bond acceptors (Lipinski definition) is 0. The van der Waals surface area contributed by atoms with E-state index < -0.39 is 0 Å². The predicted octanol–water partition coefficient (Wildman–Crippen LogP) is 2.45. The maximum atomic E-state index is 4.15. The van der Waals surface area contributed by atoms with Crippen molar-refractivity contribution in [3.8, 4) is 0 Å². The Morgan fingerprint density at radius 2 is 1.42 bits per heavy atom. The lowest BCUT2D eigenvalue weighted by atomic mass is 10.1. The van der Waals surface area contributed by atoms with Gasteiger partial charge in [0.05, 0.1) is 0 Å². The standard InChI is InChI=1S/C12H10/c1-6-2-3-7-8-4-9(8)10-5-11(10)12(6)7/h1-5H2. The summed E-state index contributed by atoms with van der Waals surface area (Å²) in [6, 6.07) is 0. The lowest BCUT2D eigenvalue weighted by molar-refractivity contribution is 1.08. The van der Waals surface area contributed by atoms with Gasteiger partial charge in [0.1, 0.15) is 0 Å². The smallest absolute Gasteiger partial charge is 0.00106 e. The summed E-state index contributed by atoms with van der Waals surface area (Å²) in [7, 11) is 0. The lowest BCUT2D eigenvalue weighted by Crippen LogP contribution is -1.79. The molecular formula is C12H10. The van der Waals surface area contributed by atoms with Gasteiger partial charge in [-0.2, -0.15) is 0 Å². The molecule has 4 rings (SSSR count). The molecule has 0 saturated heterocycles. The van der Waals surface area contributed by atoms with E-state index in [-0.39, 0.29) is 0 Å². The Bertz CT molecular complexity index is 450. The van der Waals surface area contributed by atoms with Crippen LogP contribution in [0.3, 0.4) is 0 Å². The average molecular weight is 154 g/mol. The average Bonchev–Trinajstić information content (AvgIpc) is 2.92. The molecule has 0 aliphatic heterocycles. The van der Waals surface area contributed by atoms with E-state index in [4.69, 9.17) is 0 Å².